The molecular weight excluding hydrogens is 426 g/mol. The average molecular weight is 454 g/mol. The summed E-state index contributed by atoms with van der Waals surface area (Å²) in [4.78, 5) is 31.6. The van der Waals surface area contributed by atoms with Crippen molar-refractivity contribution in [3.05, 3.63) is 66.5 Å². The number of carbonyl (C=O) groups is 1. The van der Waals surface area contributed by atoms with Gasteiger partial charge < -0.3 is 4.90 Å². The monoisotopic (exact) mass is 453 g/mol. The van der Waals surface area contributed by atoms with Gasteiger partial charge in [-0.1, -0.05) is 0 Å². The molecule has 0 amide bonds. The van der Waals surface area contributed by atoms with Crippen LogP contribution in [0.1, 0.15) is 28.9 Å². The summed E-state index contributed by atoms with van der Waals surface area (Å²) in [6, 6.07) is 8.54. The Labute approximate surface area is 198 Å². The van der Waals surface area contributed by atoms with Crippen molar-refractivity contribution in [2.45, 2.75) is 25.3 Å². The van der Waals surface area contributed by atoms with Gasteiger partial charge in [0, 0.05) is 86.3 Å². The Balaban J connectivity index is 1.18. The van der Waals surface area contributed by atoms with Crippen molar-refractivity contribution in [2.24, 2.45) is 7.05 Å². The molecule has 2 fully saturated rings. The lowest BCUT2D eigenvalue weighted by Crippen LogP contribution is -2.47. The number of aryl methyl sites for hydroxylation is 1. The fourth-order valence-electron chi connectivity index (χ4n) is 4.68. The Morgan fingerprint density at radius 3 is 2.56 bits per heavy atom. The van der Waals surface area contributed by atoms with Gasteiger partial charge >= 0.3 is 0 Å². The fourth-order valence-corrected chi connectivity index (χ4v) is 4.68. The molecule has 2 aliphatic rings. The molecule has 0 N–H and O–H groups in total. The molecule has 8 heteroatoms. The molecule has 0 aromatic carbocycles. The van der Waals surface area contributed by atoms with E-state index in [0.717, 1.165) is 65.8 Å². The molecule has 0 bridgehead atoms. The Bertz CT molecular complexity index is 1350. The largest absolute Gasteiger partial charge is 0.354 e. The minimum absolute atomic E-state index is 0.0497. The van der Waals surface area contributed by atoms with E-state index in [1.807, 2.05) is 37.6 Å². The number of anilines is 1. The number of Topliss-reactive ketones (excluding diaryl/α,β-unsaturated/α-hetero) is 1. The number of fused-ring (bicyclic) bond motifs is 1. The number of hydrogen-bond donors (Lipinski definition) is 0. The summed E-state index contributed by atoms with van der Waals surface area (Å²) in [5, 5.41) is 6.18. The molecule has 0 atom stereocenters. The SMILES string of the molecule is Cn1cc(-c2cc3cc(CC(=O)c4ccnc(N5CCN(C6CC6)CC5)c4)ncc3cn2)cn1. The molecule has 0 radical (unpaired) electrons. The van der Waals surface area contributed by atoms with Gasteiger partial charge in [0.05, 0.1) is 18.3 Å². The summed E-state index contributed by atoms with van der Waals surface area (Å²) < 4.78 is 1.76. The molecule has 4 aromatic rings. The lowest BCUT2D eigenvalue weighted by atomic mass is 10.0. The van der Waals surface area contributed by atoms with E-state index in [-0.39, 0.29) is 12.2 Å². The number of rotatable bonds is 6. The molecular formula is C26H27N7O. The number of pyridine rings is 3. The quantitative estimate of drug-likeness (QED) is 0.415. The topological polar surface area (TPSA) is 80.0 Å². The predicted octanol–water partition coefficient (Wildman–Crippen LogP) is 3.14. The van der Waals surface area contributed by atoms with Gasteiger partial charge in [-0.25, -0.2) is 4.98 Å². The summed E-state index contributed by atoms with van der Waals surface area (Å²) in [6.45, 7) is 4.06. The first kappa shape index (κ1) is 20.9. The Hall–Kier alpha value is -3.65. The zero-order chi connectivity index (χ0) is 23.1. The molecule has 8 nitrogen and oxygen atoms in total. The lowest BCUT2D eigenvalue weighted by molar-refractivity contribution is 0.0992. The van der Waals surface area contributed by atoms with E-state index in [2.05, 4.69) is 29.9 Å². The van der Waals surface area contributed by atoms with Crippen molar-refractivity contribution in [3.63, 3.8) is 0 Å². The second-order valence-electron chi connectivity index (χ2n) is 9.25. The molecule has 0 spiro atoms. The number of hydrogen-bond acceptors (Lipinski definition) is 7. The molecule has 1 aliphatic carbocycles. The molecule has 172 valence electrons. The molecule has 1 saturated carbocycles. The third-order valence-corrected chi connectivity index (χ3v) is 6.77. The summed E-state index contributed by atoms with van der Waals surface area (Å²) >= 11 is 0. The van der Waals surface area contributed by atoms with Crippen LogP contribution in [0.4, 0.5) is 5.82 Å². The van der Waals surface area contributed by atoms with Gasteiger partial charge in [0.15, 0.2) is 5.78 Å². The first-order valence-electron chi connectivity index (χ1n) is 11.8. The highest BCUT2D eigenvalue weighted by molar-refractivity contribution is 5.98. The Morgan fingerprint density at radius 1 is 0.971 bits per heavy atom. The van der Waals surface area contributed by atoms with E-state index in [9.17, 15) is 4.79 Å². The highest BCUT2D eigenvalue weighted by atomic mass is 16.1. The lowest BCUT2D eigenvalue weighted by Gasteiger charge is -2.35. The maximum atomic E-state index is 13.1. The summed E-state index contributed by atoms with van der Waals surface area (Å²) in [7, 11) is 1.89. The zero-order valence-electron chi connectivity index (χ0n) is 19.3. The standard InChI is InChI=1S/C26H27N7O/c1-31-17-21(16-30-31)24-11-19-10-22(28-14-20(19)15-29-24)13-25(34)18-4-5-27-26(12-18)33-8-6-32(7-9-33)23-2-3-23/h4-5,10-12,14-17,23H,2-3,6-9,13H2,1H3. The minimum atomic E-state index is 0.0497. The number of piperazine rings is 1. The molecule has 0 unspecified atom stereocenters. The van der Waals surface area contributed by atoms with Gasteiger partial charge in [-0.05, 0) is 42.5 Å². The third-order valence-electron chi connectivity index (χ3n) is 6.77. The van der Waals surface area contributed by atoms with Crippen molar-refractivity contribution in [1.29, 1.82) is 0 Å². The first-order valence-corrected chi connectivity index (χ1v) is 11.8. The number of nitrogens with zero attached hydrogens (tertiary/aromatic N) is 7. The van der Waals surface area contributed by atoms with Crippen LogP contribution in [0.5, 0.6) is 0 Å². The fraction of sp³-hybridized carbons (Fsp3) is 0.346. The van der Waals surface area contributed by atoms with Gasteiger partial charge in [-0.2, -0.15) is 5.10 Å². The summed E-state index contributed by atoms with van der Waals surface area (Å²) in [6.07, 6.45) is 12.0. The van der Waals surface area contributed by atoms with Gasteiger partial charge in [0.1, 0.15) is 5.82 Å². The highest BCUT2D eigenvalue weighted by Crippen LogP contribution is 2.28. The van der Waals surface area contributed by atoms with Crippen molar-refractivity contribution in [3.8, 4) is 11.3 Å². The van der Waals surface area contributed by atoms with Crippen LogP contribution in [0, 0.1) is 0 Å². The van der Waals surface area contributed by atoms with Crippen LogP contribution in [0.15, 0.2) is 55.2 Å². The van der Waals surface area contributed by atoms with Gasteiger partial charge in [0.2, 0.25) is 0 Å². The van der Waals surface area contributed by atoms with Crippen molar-refractivity contribution < 1.29 is 4.79 Å². The molecule has 1 aliphatic heterocycles. The maximum Gasteiger partial charge on any atom is 0.169 e. The van der Waals surface area contributed by atoms with Gasteiger partial charge in [-0.15, -0.1) is 0 Å². The minimum Gasteiger partial charge on any atom is -0.354 e. The van der Waals surface area contributed by atoms with E-state index in [1.54, 1.807) is 29.3 Å². The van der Waals surface area contributed by atoms with E-state index < -0.39 is 0 Å². The first-order chi connectivity index (χ1) is 16.6. The Kier molecular flexibility index (Phi) is 5.30. The number of aromatic nitrogens is 5. The second-order valence-corrected chi connectivity index (χ2v) is 9.25. The maximum absolute atomic E-state index is 13.1. The van der Waals surface area contributed by atoms with Gasteiger partial charge in [0.25, 0.3) is 0 Å². The van der Waals surface area contributed by atoms with Crippen molar-refractivity contribution >= 4 is 22.4 Å². The predicted molar refractivity (Wildman–Crippen MR) is 131 cm³/mol. The van der Waals surface area contributed by atoms with Crippen LogP contribution in [0.25, 0.3) is 22.0 Å². The molecule has 6 rings (SSSR count). The normalized spacial score (nSPS) is 16.8. The van der Waals surface area contributed by atoms with Crippen molar-refractivity contribution in [1.82, 2.24) is 29.6 Å². The smallest absolute Gasteiger partial charge is 0.169 e. The molecule has 4 aromatic heterocycles. The van der Waals surface area contributed by atoms with E-state index >= 15 is 0 Å². The van der Waals surface area contributed by atoms with Crippen LogP contribution < -0.4 is 4.90 Å². The van der Waals surface area contributed by atoms with Gasteiger partial charge in [-0.3, -0.25) is 24.3 Å². The second kappa shape index (κ2) is 8.61. The van der Waals surface area contributed by atoms with Crippen LogP contribution in [0.3, 0.4) is 0 Å². The molecule has 34 heavy (non-hydrogen) atoms. The van der Waals surface area contributed by atoms with E-state index in [1.165, 1.54) is 12.8 Å². The van der Waals surface area contributed by atoms with Crippen LogP contribution in [-0.2, 0) is 13.5 Å². The number of ketones is 1. The third kappa shape index (κ3) is 4.28. The van der Waals surface area contributed by atoms with Crippen LogP contribution in [-0.4, -0.2) is 67.6 Å². The summed E-state index contributed by atoms with van der Waals surface area (Å²) in [5.74, 6) is 0.939. The van der Waals surface area contributed by atoms with Crippen molar-refractivity contribution in [2.75, 3.05) is 31.1 Å². The average Bonchev–Trinajstić information content (AvgIpc) is 3.64. The number of carbonyl (C=O) groups excluding carboxylic acids is 1. The van der Waals surface area contributed by atoms with Crippen LogP contribution in [0.2, 0.25) is 0 Å². The molecule has 1 saturated heterocycles. The van der Waals surface area contributed by atoms with E-state index in [0.29, 0.717) is 5.56 Å². The molecule has 5 heterocycles. The Morgan fingerprint density at radius 2 is 1.79 bits per heavy atom. The van der Waals surface area contributed by atoms with E-state index in [4.69, 9.17) is 0 Å². The summed E-state index contributed by atoms with van der Waals surface area (Å²) in [5.41, 5.74) is 3.24. The zero-order valence-corrected chi connectivity index (χ0v) is 19.3. The highest BCUT2D eigenvalue weighted by Gasteiger charge is 2.31. The van der Waals surface area contributed by atoms with Crippen LogP contribution >= 0.6 is 0 Å².